The fourth-order valence-electron chi connectivity index (χ4n) is 3.31. The summed E-state index contributed by atoms with van der Waals surface area (Å²) in [5.74, 6) is 0.164. The first kappa shape index (κ1) is 21.9. The highest BCUT2D eigenvalue weighted by molar-refractivity contribution is 5.90. The molecule has 1 fully saturated rings. The van der Waals surface area contributed by atoms with Gasteiger partial charge in [0.15, 0.2) is 0 Å². The van der Waals surface area contributed by atoms with E-state index in [1.165, 1.54) is 0 Å². The molecule has 1 heterocycles. The van der Waals surface area contributed by atoms with Gasteiger partial charge in [-0.05, 0) is 37.0 Å². The van der Waals surface area contributed by atoms with Crippen LogP contribution in [0.1, 0.15) is 58.9 Å². The van der Waals surface area contributed by atoms with Crippen molar-refractivity contribution in [2.45, 2.75) is 59.9 Å². The summed E-state index contributed by atoms with van der Waals surface area (Å²) in [5, 5.41) is 5.85. The first-order chi connectivity index (χ1) is 13.2. The van der Waals surface area contributed by atoms with E-state index >= 15 is 0 Å². The van der Waals surface area contributed by atoms with Gasteiger partial charge in [-0.3, -0.25) is 14.4 Å². The van der Waals surface area contributed by atoms with E-state index in [1.54, 1.807) is 0 Å². The molecule has 154 valence electrons. The van der Waals surface area contributed by atoms with Crippen LogP contribution in [0.4, 0.5) is 5.69 Å². The van der Waals surface area contributed by atoms with Crippen LogP contribution in [0.25, 0.3) is 0 Å². The number of carbonyl (C=O) groups is 3. The second-order valence-corrected chi connectivity index (χ2v) is 8.53. The van der Waals surface area contributed by atoms with E-state index in [1.807, 2.05) is 56.9 Å². The number of hydrogen-bond donors (Lipinski definition) is 2. The minimum atomic E-state index is -0.378. The fraction of sp³-hybridized carbons (Fsp3) is 0.591. The Morgan fingerprint density at radius 1 is 1.07 bits per heavy atom. The molecule has 0 bridgehead atoms. The molecule has 0 unspecified atom stereocenters. The largest absolute Gasteiger partial charge is 0.352 e. The number of benzene rings is 1. The van der Waals surface area contributed by atoms with Gasteiger partial charge in [-0.2, -0.15) is 0 Å². The summed E-state index contributed by atoms with van der Waals surface area (Å²) in [7, 11) is 0. The monoisotopic (exact) mass is 387 g/mol. The molecular weight excluding hydrogens is 354 g/mol. The molecule has 3 amide bonds. The van der Waals surface area contributed by atoms with Crippen LogP contribution in [0.2, 0.25) is 0 Å². The van der Waals surface area contributed by atoms with Gasteiger partial charge in [0.2, 0.25) is 17.7 Å². The highest BCUT2D eigenvalue weighted by atomic mass is 16.2. The molecule has 6 nitrogen and oxygen atoms in total. The number of hydrogen-bond acceptors (Lipinski definition) is 3. The van der Waals surface area contributed by atoms with E-state index in [-0.39, 0.29) is 29.1 Å². The number of carbonyl (C=O) groups excluding carboxylic acids is 3. The zero-order valence-corrected chi connectivity index (χ0v) is 17.5. The Labute approximate surface area is 168 Å². The molecule has 0 spiro atoms. The lowest BCUT2D eigenvalue weighted by Crippen LogP contribution is -2.46. The number of nitrogens with one attached hydrogen (secondary N) is 2. The summed E-state index contributed by atoms with van der Waals surface area (Å²) in [5.41, 5.74) is 1.38. The highest BCUT2D eigenvalue weighted by Crippen LogP contribution is 2.23. The van der Waals surface area contributed by atoms with Gasteiger partial charge < -0.3 is 15.5 Å². The van der Waals surface area contributed by atoms with Crippen molar-refractivity contribution in [1.29, 1.82) is 0 Å². The van der Waals surface area contributed by atoms with E-state index in [4.69, 9.17) is 0 Å². The molecule has 0 aromatic heterocycles. The third kappa shape index (κ3) is 6.36. The highest BCUT2D eigenvalue weighted by Gasteiger charge is 2.32. The van der Waals surface area contributed by atoms with E-state index < -0.39 is 0 Å². The van der Waals surface area contributed by atoms with Crippen LogP contribution in [0.15, 0.2) is 24.3 Å². The third-order valence-electron chi connectivity index (χ3n) is 4.98. The zero-order valence-electron chi connectivity index (χ0n) is 17.5. The summed E-state index contributed by atoms with van der Waals surface area (Å²) in [4.78, 5) is 38.3. The topological polar surface area (TPSA) is 78.5 Å². The Hall–Kier alpha value is -2.37. The first-order valence-corrected chi connectivity index (χ1v) is 10.2. The maximum atomic E-state index is 12.5. The predicted octanol–water partition coefficient (Wildman–Crippen LogP) is 3.33. The molecule has 0 radical (unpaired) electrons. The number of rotatable bonds is 6. The first-order valence-electron chi connectivity index (χ1n) is 10.2. The molecule has 2 rings (SSSR count). The molecule has 28 heavy (non-hydrogen) atoms. The Kier molecular flexibility index (Phi) is 7.61. The van der Waals surface area contributed by atoms with Crippen LogP contribution in [0.5, 0.6) is 0 Å². The van der Waals surface area contributed by atoms with Crippen LogP contribution in [-0.2, 0) is 20.9 Å². The number of likely N-dealkylation sites (tertiary alicyclic amines) is 1. The zero-order chi connectivity index (χ0) is 20.7. The van der Waals surface area contributed by atoms with Crippen LogP contribution in [0, 0.1) is 11.3 Å². The summed E-state index contributed by atoms with van der Waals surface area (Å²) < 4.78 is 0. The van der Waals surface area contributed by atoms with E-state index in [9.17, 15) is 14.4 Å². The summed E-state index contributed by atoms with van der Waals surface area (Å²) in [6, 6.07) is 7.52. The quantitative estimate of drug-likeness (QED) is 0.786. The van der Waals surface area contributed by atoms with Crippen LogP contribution >= 0.6 is 0 Å². The second kappa shape index (κ2) is 9.71. The van der Waals surface area contributed by atoms with Gasteiger partial charge in [0, 0.05) is 43.1 Å². The third-order valence-corrected chi connectivity index (χ3v) is 4.98. The van der Waals surface area contributed by atoms with Crippen LogP contribution < -0.4 is 10.6 Å². The van der Waals surface area contributed by atoms with Crippen LogP contribution in [0.3, 0.4) is 0 Å². The van der Waals surface area contributed by atoms with Crippen molar-refractivity contribution >= 4 is 23.4 Å². The predicted molar refractivity (Wildman–Crippen MR) is 111 cm³/mol. The van der Waals surface area contributed by atoms with Crippen molar-refractivity contribution in [3.05, 3.63) is 29.8 Å². The Bertz CT molecular complexity index is 684. The lowest BCUT2D eigenvalue weighted by atomic mass is 9.90. The second-order valence-electron chi connectivity index (χ2n) is 8.53. The van der Waals surface area contributed by atoms with E-state index in [2.05, 4.69) is 10.6 Å². The van der Waals surface area contributed by atoms with E-state index in [0.29, 0.717) is 38.9 Å². The molecule has 0 saturated carbocycles. The number of piperidine rings is 1. The van der Waals surface area contributed by atoms with Crippen molar-refractivity contribution in [1.82, 2.24) is 10.2 Å². The molecule has 0 atom stereocenters. The minimum Gasteiger partial charge on any atom is -0.352 e. The van der Waals surface area contributed by atoms with Gasteiger partial charge in [0.1, 0.15) is 0 Å². The average molecular weight is 388 g/mol. The molecule has 1 aromatic carbocycles. The van der Waals surface area contributed by atoms with Gasteiger partial charge in [-0.1, -0.05) is 39.8 Å². The normalized spacial score (nSPS) is 15.2. The molecule has 1 saturated heterocycles. The lowest BCUT2D eigenvalue weighted by molar-refractivity contribution is -0.142. The summed E-state index contributed by atoms with van der Waals surface area (Å²) >= 11 is 0. The molecule has 1 aromatic rings. The number of amides is 3. The molecule has 1 aliphatic heterocycles. The lowest BCUT2D eigenvalue weighted by Gasteiger charge is -2.35. The molecule has 6 heteroatoms. The number of anilines is 1. The SMILES string of the molecule is CCCC(=O)Nc1ccc(CNC(=O)C2CCN(C(=O)C(C)(C)C)CC2)cc1. The summed E-state index contributed by atoms with van der Waals surface area (Å²) in [6.45, 7) is 9.49. The van der Waals surface area contributed by atoms with Crippen molar-refractivity contribution in [2.24, 2.45) is 11.3 Å². The molecule has 0 aliphatic carbocycles. The van der Waals surface area contributed by atoms with Crippen molar-refractivity contribution in [3.8, 4) is 0 Å². The van der Waals surface area contributed by atoms with Crippen LogP contribution in [-0.4, -0.2) is 35.7 Å². The van der Waals surface area contributed by atoms with Gasteiger partial charge in [0.05, 0.1) is 0 Å². The average Bonchev–Trinajstić information content (AvgIpc) is 2.66. The standard InChI is InChI=1S/C22H33N3O3/c1-5-6-19(26)24-18-9-7-16(8-10-18)15-23-20(27)17-11-13-25(14-12-17)21(28)22(2,3)4/h7-10,17H,5-6,11-15H2,1-4H3,(H,23,27)(H,24,26). The van der Waals surface area contributed by atoms with Gasteiger partial charge >= 0.3 is 0 Å². The Morgan fingerprint density at radius 2 is 1.68 bits per heavy atom. The fourth-order valence-corrected chi connectivity index (χ4v) is 3.31. The van der Waals surface area contributed by atoms with Gasteiger partial charge in [0.25, 0.3) is 0 Å². The minimum absolute atomic E-state index is 0.0137. The van der Waals surface area contributed by atoms with Crippen molar-refractivity contribution in [2.75, 3.05) is 18.4 Å². The van der Waals surface area contributed by atoms with Crippen molar-refractivity contribution in [3.63, 3.8) is 0 Å². The molecule has 1 aliphatic rings. The van der Waals surface area contributed by atoms with Gasteiger partial charge in [-0.15, -0.1) is 0 Å². The molecule has 2 N–H and O–H groups in total. The number of nitrogens with zero attached hydrogens (tertiary/aromatic N) is 1. The van der Waals surface area contributed by atoms with Crippen molar-refractivity contribution < 1.29 is 14.4 Å². The van der Waals surface area contributed by atoms with Gasteiger partial charge in [-0.25, -0.2) is 0 Å². The Balaban J connectivity index is 1.77. The molecular formula is C22H33N3O3. The summed E-state index contributed by atoms with van der Waals surface area (Å²) in [6.07, 6.45) is 2.74. The smallest absolute Gasteiger partial charge is 0.227 e. The Morgan fingerprint density at radius 3 is 2.21 bits per heavy atom. The van der Waals surface area contributed by atoms with E-state index in [0.717, 1.165) is 17.7 Å². The maximum Gasteiger partial charge on any atom is 0.227 e. The maximum absolute atomic E-state index is 12.5.